The predicted molar refractivity (Wildman–Crippen MR) is 127 cm³/mol. The topological polar surface area (TPSA) is 159 Å². The monoisotopic (exact) mass is 468 g/mol. The quantitative estimate of drug-likeness (QED) is 0.143. The Labute approximate surface area is 195 Å². The molecule has 0 saturated carbocycles. The van der Waals surface area contributed by atoms with E-state index >= 15 is 0 Å². The summed E-state index contributed by atoms with van der Waals surface area (Å²) in [5.74, 6) is 0.212. The molecule has 0 atom stereocenters. The molecule has 0 saturated heterocycles. The standard InChI is InChI=1S/C18H36O2.2C3H8O3/c1-17(2)15-13-11-9-7-5-3-4-6-8-10-12-14-16-18(19)20;2*4-1-3(6)2-5/h17H,3-16H2,1-2H3,(H,19,20);2*3-6H,1-2H2. The number of aliphatic hydroxyl groups excluding tert-OH is 6. The summed E-state index contributed by atoms with van der Waals surface area (Å²) >= 11 is 0. The first-order chi connectivity index (χ1) is 15.2. The third kappa shape index (κ3) is 39.7. The Morgan fingerprint density at radius 2 is 0.844 bits per heavy atom. The van der Waals surface area contributed by atoms with Gasteiger partial charge in [-0.15, -0.1) is 0 Å². The predicted octanol–water partition coefficient (Wildman–Crippen LogP) is 2.85. The molecule has 0 aromatic carbocycles. The molecule has 32 heavy (non-hydrogen) atoms. The SMILES string of the molecule is CC(C)CCCCCCCCCCCCCCC(=O)O.OCC(O)CO.OCC(O)CO. The zero-order valence-electron chi connectivity index (χ0n) is 20.5. The van der Waals surface area contributed by atoms with Crippen LogP contribution in [0.5, 0.6) is 0 Å². The normalized spacial score (nSPS) is 10.7. The summed E-state index contributed by atoms with van der Waals surface area (Å²) in [5.41, 5.74) is 0. The van der Waals surface area contributed by atoms with Gasteiger partial charge in [-0.05, 0) is 12.3 Å². The molecule has 0 aliphatic carbocycles. The van der Waals surface area contributed by atoms with Crippen LogP contribution in [0.25, 0.3) is 0 Å². The molecule has 0 aliphatic rings. The van der Waals surface area contributed by atoms with E-state index in [-0.39, 0.29) is 26.4 Å². The lowest BCUT2D eigenvalue weighted by atomic mass is 10.0. The molecule has 8 nitrogen and oxygen atoms in total. The van der Waals surface area contributed by atoms with Gasteiger partial charge in [0.05, 0.1) is 26.4 Å². The van der Waals surface area contributed by atoms with Crippen LogP contribution in [0, 0.1) is 5.92 Å². The number of carbonyl (C=O) groups is 1. The molecule has 7 N–H and O–H groups in total. The van der Waals surface area contributed by atoms with Crippen LogP contribution in [-0.2, 0) is 4.79 Å². The van der Waals surface area contributed by atoms with Crippen LogP contribution in [0.2, 0.25) is 0 Å². The fourth-order valence-corrected chi connectivity index (χ4v) is 2.71. The number of unbranched alkanes of at least 4 members (excludes halogenated alkanes) is 11. The van der Waals surface area contributed by atoms with Crippen LogP contribution in [0.1, 0.15) is 104 Å². The smallest absolute Gasteiger partial charge is 0.303 e. The number of aliphatic hydroxyl groups is 6. The number of hydrogen-bond acceptors (Lipinski definition) is 7. The molecule has 0 fully saturated rings. The second-order valence-corrected chi connectivity index (χ2v) is 8.61. The summed E-state index contributed by atoms with van der Waals surface area (Å²) in [4.78, 5) is 10.3. The second-order valence-electron chi connectivity index (χ2n) is 8.61. The van der Waals surface area contributed by atoms with Crippen LogP contribution in [0.15, 0.2) is 0 Å². The van der Waals surface area contributed by atoms with Crippen molar-refractivity contribution in [2.45, 2.75) is 116 Å². The maximum Gasteiger partial charge on any atom is 0.303 e. The average molecular weight is 469 g/mol. The van der Waals surface area contributed by atoms with Crippen molar-refractivity contribution in [3.63, 3.8) is 0 Å². The number of carboxylic acid groups (broad SMARTS) is 1. The summed E-state index contributed by atoms with van der Waals surface area (Å²) in [6, 6.07) is 0. The molecule has 0 aromatic rings. The minimum absolute atomic E-state index is 0.344. The van der Waals surface area contributed by atoms with Crippen molar-refractivity contribution >= 4 is 5.97 Å². The van der Waals surface area contributed by atoms with Crippen molar-refractivity contribution in [3.05, 3.63) is 0 Å². The molecular weight excluding hydrogens is 416 g/mol. The van der Waals surface area contributed by atoms with Crippen molar-refractivity contribution in [1.82, 2.24) is 0 Å². The van der Waals surface area contributed by atoms with E-state index < -0.39 is 18.2 Å². The largest absolute Gasteiger partial charge is 0.481 e. The van der Waals surface area contributed by atoms with Crippen molar-refractivity contribution in [1.29, 1.82) is 0 Å². The van der Waals surface area contributed by atoms with Gasteiger partial charge in [0.2, 0.25) is 0 Å². The molecule has 0 aliphatic heterocycles. The maximum atomic E-state index is 10.3. The van der Waals surface area contributed by atoms with Crippen LogP contribution < -0.4 is 0 Å². The molecule has 8 heteroatoms. The van der Waals surface area contributed by atoms with Gasteiger partial charge in [0, 0.05) is 6.42 Å². The Bertz CT molecular complexity index is 335. The highest BCUT2D eigenvalue weighted by Crippen LogP contribution is 2.14. The molecule has 0 rings (SSSR count). The fourth-order valence-electron chi connectivity index (χ4n) is 2.71. The first-order valence-corrected chi connectivity index (χ1v) is 12.3. The average Bonchev–Trinajstić information content (AvgIpc) is 2.78. The highest BCUT2D eigenvalue weighted by atomic mass is 16.4. The summed E-state index contributed by atoms with van der Waals surface area (Å²) in [5, 5.41) is 56.6. The molecule has 0 amide bonds. The lowest BCUT2D eigenvalue weighted by Gasteiger charge is -2.04. The lowest BCUT2D eigenvalue weighted by Crippen LogP contribution is -2.15. The third-order valence-electron chi connectivity index (χ3n) is 4.77. The Balaban J connectivity index is -0.000000571. The van der Waals surface area contributed by atoms with Gasteiger partial charge in [0.15, 0.2) is 0 Å². The molecule has 0 bridgehead atoms. The van der Waals surface area contributed by atoms with Crippen molar-refractivity contribution in [2.75, 3.05) is 26.4 Å². The van der Waals surface area contributed by atoms with Gasteiger partial charge in [0.1, 0.15) is 12.2 Å². The second kappa shape index (κ2) is 30.2. The van der Waals surface area contributed by atoms with E-state index in [1.165, 1.54) is 70.6 Å². The number of carboxylic acids is 1. The Morgan fingerprint density at radius 1 is 0.562 bits per heavy atom. The fraction of sp³-hybridized carbons (Fsp3) is 0.958. The summed E-state index contributed by atoms with van der Waals surface area (Å²) in [6.07, 6.45) is 15.4. The highest BCUT2D eigenvalue weighted by Gasteiger charge is 1.98. The zero-order chi connectivity index (χ0) is 25.0. The van der Waals surface area contributed by atoms with E-state index in [4.69, 9.17) is 35.7 Å². The Hall–Kier alpha value is -0.770. The van der Waals surface area contributed by atoms with Gasteiger partial charge in [-0.2, -0.15) is 0 Å². The molecule has 0 aromatic heterocycles. The Morgan fingerprint density at radius 3 is 1.06 bits per heavy atom. The van der Waals surface area contributed by atoms with Crippen molar-refractivity contribution < 1.29 is 40.5 Å². The van der Waals surface area contributed by atoms with Crippen LogP contribution >= 0.6 is 0 Å². The molecular formula is C24H52O8. The van der Waals surface area contributed by atoms with E-state index in [1.54, 1.807) is 0 Å². The van der Waals surface area contributed by atoms with Gasteiger partial charge in [-0.3, -0.25) is 4.79 Å². The van der Waals surface area contributed by atoms with Crippen LogP contribution in [0.4, 0.5) is 0 Å². The number of hydrogen-bond donors (Lipinski definition) is 7. The minimum Gasteiger partial charge on any atom is -0.481 e. The summed E-state index contributed by atoms with van der Waals surface area (Å²) in [6.45, 7) is 3.16. The van der Waals surface area contributed by atoms with Crippen molar-refractivity contribution in [2.24, 2.45) is 5.92 Å². The number of rotatable bonds is 19. The first-order valence-electron chi connectivity index (χ1n) is 12.3. The van der Waals surface area contributed by atoms with Gasteiger partial charge in [-0.1, -0.05) is 90.9 Å². The van der Waals surface area contributed by atoms with E-state index in [2.05, 4.69) is 13.8 Å². The van der Waals surface area contributed by atoms with Crippen molar-refractivity contribution in [3.8, 4) is 0 Å². The first kappa shape index (κ1) is 35.8. The van der Waals surface area contributed by atoms with E-state index in [1.807, 2.05) is 0 Å². The molecule has 0 unspecified atom stereocenters. The molecule has 0 spiro atoms. The van der Waals surface area contributed by atoms with E-state index in [9.17, 15) is 4.79 Å². The minimum atomic E-state index is -0.954. The highest BCUT2D eigenvalue weighted by molar-refractivity contribution is 5.66. The summed E-state index contributed by atoms with van der Waals surface area (Å²) < 4.78 is 0. The van der Waals surface area contributed by atoms with Crippen LogP contribution in [-0.4, -0.2) is 80.4 Å². The Kier molecular flexibility index (Phi) is 33.8. The van der Waals surface area contributed by atoms with Gasteiger partial charge < -0.3 is 35.7 Å². The zero-order valence-corrected chi connectivity index (χ0v) is 20.5. The van der Waals surface area contributed by atoms with E-state index in [0.717, 1.165) is 18.8 Å². The molecule has 0 heterocycles. The molecule has 0 radical (unpaired) electrons. The van der Waals surface area contributed by atoms with Crippen LogP contribution in [0.3, 0.4) is 0 Å². The van der Waals surface area contributed by atoms with E-state index in [0.29, 0.717) is 6.42 Å². The number of aliphatic carboxylic acids is 1. The van der Waals surface area contributed by atoms with Gasteiger partial charge >= 0.3 is 5.97 Å². The summed E-state index contributed by atoms with van der Waals surface area (Å²) in [7, 11) is 0. The van der Waals surface area contributed by atoms with Gasteiger partial charge in [0.25, 0.3) is 0 Å². The molecule has 196 valence electrons. The lowest BCUT2D eigenvalue weighted by molar-refractivity contribution is -0.137. The maximum absolute atomic E-state index is 10.3. The third-order valence-corrected chi connectivity index (χ3v) is 4.77. The van der Waals surface area contributed by atoms with Gasteiger partial charge in [-0.25, -0.2) is 0 Å².